The van der Waals surface area contributed by atoms with Crippen molar-refractivity contribution < 1.29 is 4.79 Å². The van der Waals surface area contributed by atoms with E-state index in [0.29, 0.717) is 19.4 Å². The molecule has 0 spiro atoms. The SMILES string of the molecule is Cc1nc2c3ccccc3nn2c(C)c1CCC(=O)NCc1ccncc1. The van der Waals surface area contributed by atoms with E-state index in [-0.39, 0.29) is 5.91 Å². The molecule has 3 aromatic heterocycles. The van der Waals surface area contributed by atoms with Crippen LogP contribution >= 0.6 is 0 Å². The Labute approximate surface area is 157 Å². The van der Waals surface area contributed by atoms with Gasteiger partial charge in [-0.3, -0.25) is 9.78 Å². The standard InChI is InChI=1S/C21H21N5O/c1-14-17(7-8-20(27)23-13-16-9-11-22-12-10-16)15(2)26-21(24-14)18-5-3-4-6-19(18)25-26/h3-6,9-12H,7-8,13H2,1-2H3,(H,23,27). The van der Waals surface area contributed by atoms with Crippen LogP contribution in [0.5, 0.6) is 0 Å². The third-order valence-corrected chi connectivity index (χ3v) is 4.86. The van der Waals surface area contributed by atoms with Crippen molar-refractivity contribution in [2.45, 2.75) is 33.2 Å². The lowest BCUT2D eigenvalue weighted by Gasteiger charge is -2.11. The minimum Gasteiger partial charge on any atom is -0.352 e. The van der Waals surface area contributed by atoms with Gasteiger partial charge in [0.25, 0.3) is 0 Å². The number of amides is 1. The van der Waals surface area contributed by atoms with Crippen LogP contribution in [0.25, 0.3) is 16.6 Å². The summed E-state index contributed by atoms with van der Waals surface area (Å²) in [5.74, 6) is 0.0244. The molecule has 0 fully saturated rings. The molecular formula is C21H21N5O. The van der Waals surface area contributed by atoms with Crippen molar-refractivity contribution in [2.24, 2.45) is 0 Å². The van der Waals surface area contributed by atoms with Gasteiger partial charge in [-0.1, -0.05) is 12.1 Å². The molecule has 0 aliphatic carbocycles. The van der Waals surface area contributed by atoms with E-state index in [1.807, 2.05) is 54.8 Å². The second-order valence-corrected chi connectivity index (χ2v) is 6.65. The topological polar surface area (TPSA) is 72.2 Å². The molecule has 27 heavy (non-hydrogen) atoms. The maximum absolute atomic E-state index is 12.2. The summed E-state index contributed by atoms with van der Waals surface area (Å²) in [6.07, 6.45) is 4.51. The van der Waals surface area contributed by atoms with Crippen molar-refractivity contribution in [1.82, 2.24) is 24.9 Å². The van der Waals surface area contributed by atoms with E-state index in [1.54, 1.807) is 12.4 Å². The van der Waals surface area contributed by atoms with Crippen molar-refractivity contribution in [3.63, 3.8) is 0 Å². The second-order valence-electron chi connectivity index (χ2n) is 6.65. The first kappa shape index (κ1) is 17.1. The van der Waals surface area contributed by atoms with Gasteiger partial charge in [0.15, 0.2) is 5.65 Å². The normalized spacial score (nSPS) is 11.2. The zero-order valence-corrected chi connectivity index (χ0v) is 15.4. The maximum Gasteiger partial charge on any atom is 0.220 e. The average Bonchev–Trinajstić information content (AvgIpc) is 3.06. The van der Waals surface area contributed by atoms with Gasteiger partial charge in [0.05, 0.1) is 5.52 Å². The van der Waals surface area contributed by atoms with Crippen LogP contribution in [0.2, 0.25) is 0 Å². The number of pyridine rings is 1. The first-order chi connectivity index (χ1) is 13.1. The van der Waals surface area contributed by atoms with Gasteiger partial charge in [0, 0.05) is 42.1 Å². The molecule has 0 atom stereocenters. The van der Waals surface area contributed by atoms with Crippen molar-refractivity contribution in [3.8, 4) is 0 Å². The van der Waals surface area contributed by atoms with E-state index >= 15 is 0 Å². The first-order valence-corrected chi connectivity index (χ1v) is 9.02. The zero-order chi connectivity index (χ0) is 18.8. The molecule has 3 heterocycles. The fourth-order valence-corrected chi connectivity index (χ4v) is 3.37. The number of aryl methyl sites for hydroxylation is 2. The van der Waals surface area contributed by atoms with Gasteiger partial charge in [0.2, 0.25) is 5.91 Å². The molecule has 1 amide bonds. The second kappa shape index (κ2) is 7.15. The number of fused-ring (bicyclic) bond motifs is 3. The number of carbonyl (C=O) groups excluding carboxylic acids is 1. The Morgan fingerprint density at radius 3 is 2.70 bits per heavy atom. The lowest BCUT2D eigenvalue weighted by molar-refractivity contribution is -0.121. The van der Waals surface area contributed by atoms with Gasteiger partial charge in [-0.25, -0.2) is 9.50 Å². The minimum atomic E-state index is 0.0244. The molecule has 0 saturated heterocycles. The highest BCUT2D eigenvalue weighted by Crippen LogP contribution is 2.22. The summed E-state index contributed by atoms with van der Waals surface area (Å²) in [6.45, 7) is 4.55. The van der Waals surface area contributed by atoms with Gasteiger partial charge >= 0.3 is 0 Å². The number of carbonyl (C=O) groups is 1. The van der Waals surface area contributed by atoms with E-state index in [4.69, 9.17) is 4.98 Å². The van der Waals surface area contributed by atoms with Crippen LogP contribution in [0.15, 0.2) is 48.8 Å². The van der Waals surface area contributed by atoms with Gasteiger partial charge in [-0.15, -0.1) is 0 Å². The van der Waals surface area contributed by atoms with Crippen LogP contribution in [0.3, 0.4) is 0 Å². The first-order valence-electron chi connectivity index (χ1n) is 9.02. The highest BCUT2D eigenvalue weighted by molar-refractivity contribution is 5.92. The predicted molar refractivity (Wildman–Crippen MR) is 104 cm³/mol. The number of rotatable bonds is 5. The van der Waals surface area contributed by atoms with E-state index in [2.05, 4.69) is 15.4 Å². The molecule has 4 rings (SSSR count). The summed E-state index contributed by atoms with van der Waals surface area (Å²) >= 11 is 0. The maximum atomic E-state index is 12.2. The lowest BCUT2D eigenvalue weighted by Crippen LogP contribution is -2.23. The molecular weight excluding hydrogens is 338 g/mol. The Kier molecular flexibility index (Phi) is 4.54. The lowest BCUT2D eigenvalue weighted by atomic mass is 10.1. The van der Waals surface area contributed by atoms with Crippen LogP contribution in [0, 0.1) is 13.8 Å². The molecule has 6 heteroatoms. The van der Waals surface area contributed by atoms with Crippen LogP contribution < -0.4 is 5.32 Å². The third kappa shape index (κ3) is 3.38. The quantitative estimate of drug-likeness (QED) is 0.594. The smallest absolute Gasteiger partial charge is 0.220 e. The van der Waals surface area contributed by atoms with Crippen LogP contribution in [-0.2, 0) is 17.8 Å². The molecule has 0 saturated carbocycles. The summed E-state index contributed by atoms with van der Waals surface area (Å²) in [5.41, 5.74) is 5.90. The largest absolute Gasteiger partial charge is 0.352 e. The van der Waals surface area contributed by atoms with Crippen molar-refractivity contribution in [2.75, 3.05) is 0 Å². The van der Waals surface area contributed by atoms with E-state index in [0.717, 1.165) is 39.1 Å². The minimum absolute atomic E-state index is 0.0244. The molecule has 0 unspecified atom stereocenters. The Bertz CT molecular complexity index is 1120. The molecule has 1 aromatic carbocycles. The number of aromatic nitrogens is 4. The number of nitrogens with zero attached hydrogens (tertiary/aromatic N) is 4. The van der Waals surface area contributed by atoms with E-state index < -0.39 is 0 Å². The molecule has 4 aromatic rings. The predicted octanol–water partition coefficient (Wildman–Crippen LogP) is 3.14. The third-order valence-electron chi connectivity index (χ3n) is 4.86. The molecule has 0 aliphatic heterocycles. The summed E-state index contributed by atoms with van der Waals surface area (Å²) < 4.78 is 1.89. The van der Waals surface area contributed by atoms with Crippen molar-refractivity contribution in [1.29, 1.82) is 0 Å². The summed E-state index contributed by atoms with van der Waals surface area (Å²) in [4.78, 5) is 21.0. The average molecular weight is 359 g/mol. The zero-order valence-electron chi connectivity index (χ0n) is 15.4. The van der Waals surface area contributed by atoms with Gasteiger partial charge < -0.3 is 5.32 Å². The molecule has 1 N–H and O–H groups in total. The number of nitrogens with one attached hydrogen (secondary N) is 1. The van der Waals surface area contributed by atoms with Crippen LogP contribution in [-0.4, -0.2) is 25.5 Å². The van der Waals surface area contributed by atoms with Crippen LogP contribution in [0.1, 0.15) is 28.9 Å². The highest BCUT2D eigenvalue weighted by atomic mass is 16.1. The monoisotopic (exact) mass is 359 g/mol. The number of benzene rings is 1. The Morgan fingerprint density at radius 1 is 1.11 bits per heavy atom. The molecule has 6 nitrogen and oxygen atoms in total. The number of hydrogen-bond donors (Lipinski definition) is 1. The van der Waals surface area contributed by atoms with Crippen molar-refractivity contribution in [3.05, 3.63) is 71.3 Å². The Balaban J connectivity index is 1.51. The van der Waals surface area contributed by atoms with E-state index in [9.17, 15) is 4.79 Å². The highest BCUT2D eigenvalue weighted by Gasteiger charge is 2.14. The van der Waals surface area contributed by atoms with Gasteiger partial charge in [-0.05, 0) is 55.7 Å². The molecule has 0 radical (unpaired) electrons. The summed E-state index contributed by atoms with van der Waals surface area (Å²) in [5, 5.41) is 8.67. The van der Waals surface area contributed by atoms with Gasteiger partial charge in [0.1, 0.15) is 0 Å². The fourth-order valence-electron chi connectivity index (χ4n) is 3.37. The summed E-state index contributed by atoms with van der Waals surface area (Å²) in [6, 6.07) is 11.8. The number of hydrogen-bond acceptors (Lipinski definition) is 4. The molecule has 136 valence electrons. The Hall–Kier alpha value is -3.28. The molecule has 0 aliphatic rings. The van der Waals surface area contributed by atoms with Gasteiger partial charge in [-0.2, -0.15) is 5.10 Å². The van der Waals surface area contributed by atoms with E-state index in [1.165, 1.54) is 0 Å². The molecule has 0 bridgehead atoms. The summed E-state index contributed by atoms with van der Waals surface area (Å²) in [7, 11) is 0. The Morgan fingerprint density at radius 2 is 1.89 bits per heavy atom. The fraction of sp³-hybridized carbons (Fsp3) is 0.238. The van der Waals surface area contributed by atoms with Crippen LogP contribution in [0.4, 0.5) is 0 Å². The van der Waals surface area contributed by atoms with Crippen molar-refractivity contribution >= 4 is 22.5 Å².